The fourth-order valence-electron chi connectivity index (χ4n) is 3.29. The number of carbonyl (C=O) groups is 1. The maximum Gasteiger partial charge on any atom is 0.265 e. The van der Waals surface area contributed by atoms with Crippen LogP contribution in [0, 0.1) is 5.82 Å². The molecule has 1 heterocycles. The molecule has 1 aromatic heterocycles. The van der Waals surface area contributed by atoms with E-state index in [1.165, 1.54) is 12.1 Å². The fraction of sp³-hybridized carbons (Fsp3) is 0.0870. The Balaban J connectivity index is 1.77. The van der Waals surface area contributed by atoms with Gasteiger partial charge in [-0.3, -0.25) is 4.79 Å². The number of hydrogen-bond donors (Lipinski definition) is 1. The predicted octanol–water partition coefficient (Wildman–Crippen LogP) is 4.51. The summed E-state index contributed by atoms with van der Waals surface area (Å²) < 4.78 is 21.9. The lowest BCUT2D eigenvalue weighted by Gasteiger charge is -2.11. The van der Waals surface area contributed by atoms with Crippen LogP contribution in [0.15, 0.2) is 78.9 Å². The molecular formula is C23H19FN2O2. The third-order valence-electron chi connectivity index (χ3n) is 4.62. The Morgan fingerprint density at radius 2 is 1.57 bits per heavy atom. The van der Waals surface area contributed by atoms with Crippen molar-refractivity contribution < 1.29 is 13.9 Å². The van der Waals surface area contributed by atoms with Crippen molar-refractivity contribution in [1.82, 2.24) is 4.57 Å². The Bertz CT molecular complexity index is 1120. The van der Waals surface area contributed by atoms with Crippen LogP contribution in [-0.4, -0.2) is 10.5 Å². The topological polar surface area (TPSA) is 57.3 Å². The zero-order valence-corrected chi connectivity index (χ0v) is 15.1. The first-order valence-corrected chi connectivity index (χ1v) is 8.95. The Hall–Kier alpha value is -3.60. The Morgan fingerprint density at radius 1 is 0.929 bits per heavy atom. The molecule has 0 aliphatic rings. The summed E-state index contributed by atoms with van der Waals surface area (Å²) in [6, 6.07) is 23.7. The Morgan fingerprint density at radius 3 is 2.21 bits per heavy atom. The number of rotatable bonds is 6. The molecule has 5 heteroatoms. The van der Waals surface area contributed by atoms with E-state index >= 15 is 0 Å². The molecule has 4 aromatic rings. The number of benzene rings is 3. The van der Waals surface area contributed by atoms with E-state index in [0.717, 1.165) is 11.1 Å². The van der Waals surface area contributed by atoms with Gasteiger partial charge in [0.25, 0.3) is 5.91 Å². The molecule has 0 saturated heterocycles. The maximum atomic E-state index is 14.3. The first-order chi connectivity index (χ1) is 13.6. The smallest absolute Gasteiger partial charge is 0.265 e. The fourth-order valence-corrected chi connectivity index (χ4v) is 3.29. The monoisotopic (exact) mass is 374 g/mol. The van der Waals surface area contributed by atoms with Crippen molar-refractivity contribution in [3.8, 4) is 5.75 Å². The number of aromatic nitrogens is 1. The molecule has 0 bridgehead atoms. The molecule has 0 radical (unpaired) electrons. The summed E-state index contributed by atoms with van der Waals surface area (Å²) in [6.07, 6.45) is 0. The van der Waals surface area contributed by atoms with Gasteiger partial charge in [-0.1, -0.05) is 60.7 Å². The highest BCUT2D eigenvalue weighted by atomic mass is 19.1. The van der Waals surface area contributed by atoms with Gasteiger partial charge in [0, 0.05) is 18.0 Å². The number of hydrogen-bond acceptors (Lipinski definition) is 2. The van der Waals surface area contributed by atoms with Crippen LogP contribution >= 0.6 is 0 Å². The molecule has 4 nitrogen and oxygen atoms in total. The standard InChI is InChI=1S/C23H19FN2O2/c24-18-11-20-19(22(12-18)28-15-17-9-5-2-6-10-17)13-21(23(25)27)26(20)14-16-7-3-1-4-8-16/h1-13H,14-15H2,(H2,25,27). The van der Waals surface area contributed by atoms with E-state index in [1.54, 1.807) is 10.6 Å². The van der Waals surface area contributed by atoms with Crippen molar-refractivity contribution >= 4 is 16.8 Å². The minimum Gasteiger partial charge on any atom is -0.488 e. The summed E-state index contributed by atoms with van der Waals surface area (Å²) in [4.78, 5) is 12.0. The van der Waals surface area contributed by atoms with Crippen LogP contribution in [0.1, 0.15) is 21.6 Å². The zero-order chi connectivity index (χ0) is 19.5. The second-order valence-electron chi connectivity index (χ2n) is 6.58. The Kier molecular flexibility index (Phi) is 4.81. The van der Waals surface area contributed by atoms with Crippen molar-refractivity contribution in [2.75, 3.05) is 0 Å². The molecule has 0 aliphatic carbocycles. The van der Waals surface area contributed by atoms with Crippen molar-refractivity contribution in [2.45, 2.75) is 13.2 Å². The van der Waals surface area contributed by atoms with Gasteiger partial charge in [0.2, 0.25) is 0 Å². The largest absolute Gasteiger partial charge is 0.488 e. The van der Waals surface area contributed by atoms with Gasteiger partial charge in [-0.15, -0.1) is 0 Å². The van der Waals surface area contributed by atoms with Crippen LogP contribution in [0.2, 0.25) is 0 Å². The number of carbonyl (C=O) groups excluding carboxylic acids is 1. The normalized spacial score (nSPS) is 10.9. The van der Waals surface area contributed by atoms with E-state index in [0.29, 0.717) is 35.5 Å². The molecule has 0 saturated carbocycles. The first-order valence-electron chi connectivity index (χ1n) is 8.95. The van der Waals surface area contributed by atoms with Gasteiger partial charge in [-0.25, -0.2) is 4.39 Å². The van der Waals surface area contributed by atoms with Gasteiger partial charge in [0.05, 0.1) is 5.52 Å². The van der Waals surface area contributed by atoms with Gasteiger partial charge in [-0.05, 0) is 23.3 Å². The van der Waals surface area contributed by atoms with Gasteiger partial charge in [0.15, 0.2) is 0 Å². The Labute approximate surface area is 162 Å². The van der Waals surface area contributed by atoms with Crippen LogP contribution in [0.4, 0.5) is 4.39 Å². The van der Waals surface area contributed by atoms with Gasteiger partial charge < -0.3 is 15.0 Å². The van der Waals surface area contributed by atoms with Gasteiger partial charge in [0.1, 0.15) is 23.9 Å². The molecule has 140 valence electrons. The quantitative estimate of drug-likeness (QED) is 0.540. The van der Waals surface area contributed by atoms with E-state index in [2.05, 4.69) is 0 Å². The highest BCUT2D eigenvalue weighted by Gasteiger charge is 2.18. The van der Waals surface area contributed by atoms with Crippen LogP contribution in [0.3, 0.4) is 0 Å². The van der Waals surface area contributed by atoms with Crippen molar-refractivity contribution in [3.63, 3.8) is 0 Å². The van der Waals surface area contributed by atoms with E-state index in [4.69, 9.17) is 10.5 Å². The molecule has 0 unspecified atom stereocenters. The minimum atomic E-state index is -0.568. The summed E-state index contributed by atoms with van der Waals surface area (Å²) in [7, 11) is 0. The molecule has 1 amide bonds. The summed E-state index contributed by atoms with van der Waals surface area (Å²) in [5.41, 5.74) is 8.43. The van der Waals surface area contributed by atoms with E-state index in [-0.39, 0.29) is 0 Å². The molecule has 0 aliphatic heterocycles. The molecule has 0 atom stereocenters. The molecule has 2 N–H and O–H groups in total. The number of amides is 1. The minimum absolute atomic E-state index is 0.301. The van der Waals surface area contributed by atoms with E-state index in [1.807, 2.05) is 60.7 Å². The third kappa shape index (κ3) is 3.60. The lowest BCUT2D eigenvalue weighted by atomic mass is 10.2. The number of fused-ring (bicyclic) bond motifs is 1. The lowest BCUT2D eigenvalue weighted by Crippen LogP contribution is -2.17. The lowest BCUT2D eigenvalue weighted by molar-refractivity contribution is 0.0992. The summed E-state index contributed by atoms with van der Waals surface area (Å²) in [5, 5.41) is 0.655. The van der Waals surface area contributed by atoms with E-state index in [9.17, 15) is 9.18 Å². The molecular weight excluding hydrogens is 355 g/mol. The van der Waals surface area contributed by atoms with Crippen molar-refractivity contribution in [1.29, 1.82) is 0 Å². The maximum absolute atomic E-state index is 14.3. The zero-order valence-electron chi connectivity index (χ0n) is 15.1. The summed E-state index contributed by atoms with van der Waals surface area (Å²) >= 11 is 0. The second-order valence-corrected chi connectivity index (χ2v) is 6.58. The third-order valence-corrected chi connectivity index (χ3v) is 4.62. The number of nitrogens with two attached hydrogens (primary N) is 1. The van der Waals surface area contributed by atoms with Crippen LogP contribution in [0.5, 0.6) is 5.75 Å². The highest BCUT2D eigenvalue weighted by molar-refractivity contribution is 5.99. The second kappa shape index (κ2) is 7.56. The molecule has 0 fully saturated rings. The highest BCUT2D eigenvalue weighted by Crippen LogP contribution is 2.31. The first kappa shape index (κ1) is 17.8. The van der Waals surface area contributed by atoms with Gasteiger partial charge in [-0.2, -0.15) is 0 Å². The summed E-state index contributed by atoms with van der Waals surface area (Å²) in [6.45, 7) is 0.708. The van der Waals surface area contributed by atoms with E-state index < -0.39 is 11.7 Å². The van der Waals surface area contributed by atoms with Crippen LogP contribution < -0.4 is 10.5 Å². The number of ether oxygens (including phenoxy) is 1. The van der Waals surface area contributed by atoms with Crippen LogP contribution in [0.25, 0.3) is 10.9 Å². The number of halogens is 1. The predicted molar refractivity (Wildman–Crippen MR) is 107 cm³/mol. The molecule has 28 heavy (non-hydrogen) atoms. The number of primary amides is 1. The SMILES string of the molecule is NC(=O)c1cc2c(OCc3ccccc3)cc(F)cc2n1Cc1ccccc1. The molecule has 0 spiro atoms. The summed E-state index contributed by atoms with van der Waals surface area (Å²) in [5.74, 6) is -0.617. The number of nitrogens with zero attached hydrogens (tertiary/aromatic N) is 1. The molecule has 4 rings (SSSR count). The van der Waals surface area contributed by atoms with Crippen molar-refractivity contribution in [3.05, 3.63) is 102 Å². The van der Waals surface area contributed by atoms with Crippen LogP contribution in [-0.2, 0) is 13.2 Å². The average Bonchev–Trinajstić information content (AvgIpc) is 3.06. The average molecular weight is 374 g/mol. The van der Waals surface area contributed by atoms with Crippen molar-refractivity contribution in [2.24, 2.45) is 5.73 Å². The van der Waals surface area contributed by atoms with Gasteiger partial charge >= 0.3 is 0 Å². The molecule has 3 aromatic carbocycles.